The molecule has 0 amide bonds. The molecule has 2 aromatic heterocycles. The summed E-state index contributed by atoms with van der Waals surface area (Å²) in [6.07, 6.45) is 3.22. The molecule has 0 unspecified atom stereocenters. The highest BCUT2D eigenvalue weighted by Gasteiger charge is 2.27. The highest BCUT2D eigenvalue weighted by Crippen LogP contribution is 2.30. The molecule has 0 saturated carbocycles. The second kappa shape index (κ2) is 7.93. The molecule has 10 heteroatoms. The maximum absolute atomic E-state index is 11.5. The Balaban J connectivity index is 1.46. The van der Waals surface area contributed by atoms with E-state index in [4.69, 9.17) is 4.74 Å². The summed E-state index contributed by atoms with van der Waals surface area (Å²) in [4.78, 5) is 30.6. The van der Waals surface area contributed by atoms with Crippen LogP contribution in [0.15, 0.2) is 24.7 Å². The fraction of sp³-hybridized carbons (Fsp3) is 0.500. The van der Waals surface area contributed by atoms with Gasteiger partial charge >= 0.3 is 5.69 Å². The van der Waals surface area contributed by atoms with Gasteiger partial charge in [0.05, 0.1) is 18.1 Å². The van der Waals surface area contributed by atoms with Gasteiger partial charge < -0.3 is 19.4 Å². The summed E-state index contributed by atoms with van der Waals surface area (Å²) >= 11 is 0. The summed E-state index contributed by atoms with van der Waals surface area (Å²) in [5, 5.41) is 11.5. The van der Waals surface area contributed by atoms with Gasteiger partial charge in [0.1, 0.15) is 18.0 Å². The highest BCUT2D eigenvalue weighted by molar-refractivity contribution is 5.62. The number of rotatable bonds is 4. The fourth-order valence-corrected chi connectivity index (χ4v) is 3.62. The van der Waals surface area contributed by atoms with Gasteiger partial charge in [-0.3, -0.25) is 10.1 Å². The Bertz CT molecular complexity index is 849. The van der Waals surface area contributed by atoms with Crippen LogP contribution in [0.3, 0.4) is 0 Å². The van der Waals surface area contributed by atoms with Crippen molar-refractivity contribution >= 4 is 23.1 Å². The average Bonchev–Trinajstić information content (AvgIpc) is 2.74. The number of nitro groups is 1. The second-order valence-corrected chi connectivity index (χ2v) is 6.87. The number of anilines is 3. The van der Waals surface area contributed by atoms with Gasteiger partial charge in [-0.15, -0.1) is 0 Å². The van der Waals surface area contributed by atoms with E-state index < -0.39 is 0 Å². The fourth-order valence-electron chi connectivity index (χ4n) is 3.62. The first-order chi connectivity index (χ1) is 13.6. The number of aromatic nitrogens is 3. The predicted molar refractivity (Wildman–Crippen MR) is 105 cm³/mol. The van der Waals surface area contributed by atoms with E-state index in [1.54, 1.807) is 25.5 Å². The first-order valence-electron chi connectivity index (χ1n) is 9.38. The summed E-state index contributed by atoms with van der Waals surface area (Å²) in [5.41, 5.74) is 0.718. The summed E-state index contributed by atoms with van der Waals surface area (Å²) in [6, 6.07) is 3.68. The molecule has 28 heavy (non-hydrogen) atoms. The Morgan fingerprint density at radius 1 is 0.964 bits per heavy atom. The van der Waals surface area contributed by atoms with E-state index in [1.807, 2.05) is 11.0 Å². The van der Waals surface area contributed by atoms with Crippen molar-refractivity contribution in [2.75, 3.05) is 67.2 Å². The molecule has 2 aliphatic rings. The van der Waals surface area contributed by atoms with Crippen molar-refractivity contribution in [1.29, 1.82) is 0 Å². The minimum Gasteiger partial charge on any atom is -0.378 e. The summed E-state index contributed by atoms with van der Waals surface area (Å²) < 4.78 is 5.40. The highest BCUT2D eigenvalue weighted by atomic mass is 16.6. The molecule has 0 aliphatic carbocycles. The molecule has 2 fully saturated rings. The number of hydrogen-bond acceptors (Lipinski definition) is 9. The van der Waals surface area contributed by atoms with Crippen molar-refractivity contribution in [1.82, 2.24) is 15.0 Å². The predicted octanol–water partition coefficient (Wildman–Crippen LogP) is 1.25. The van der Waals surface area contributed by atoms with Gasteiger partial charge in [0.25, 0.3) is 0 Å². The van der Waals surface area contributed by atoms with E-state index >= 15 is 0 Å². The van der Waals surface area contributed by atoms with Gasteiger partial charge in [-0.1, -0.05) is 0 Å². The van der Waals surface area contributed by atoms with Gasteiger partial charge in [0.15, 0.2) is 0 Å². The van der Waals surface area contributed by atoms with Gasteiger partial charge in [-0.05, 0) is 13.0 Å². The van der Waals surface area contributed by atoms with Crippen LogP contribution < -0.4 is 14.7 Å². The molecule has 0 radical (unpaired) electrons. The van der Waals surface area contributed by atoms with Crippen molar-refractivity contribution in [2.45, 2.75) is 6.92 Å². The van der Waals surface area contributed by atoms with Crippen LogP contribution in [0.1, 0.15) is 5.56 Å². The molecular weight excluding hydrogens is 362 g/mol. The average molecular weight is 385 g/mol. The number of piperazine rings is 1. The number of pyridine rings is 1. The first-order valence-corrected chi connectivity index (χ1v) is 9.38. The zero-order valence-electron chi connectivity index (χ0n) is 15.8. The van der Waals surface area contributed by atoms with E-state index in [0.29, 0.717) is 50.8 Å². The lowest BCUT2D eigenvalue weighted by Crippen LogP contribution is -2.47. The lowest BCUT2D eigenvalue weighted by molar-refractivity contribution is -0.384. The van der Waals surface area contributed by atoms with Crippen molar-refractivity contribution in [3.05, 3.63) is 40.3 Å². The van der Waals surface area contributed by atoms with Crippen LogP contribution >= 0.6 is 0 Å². The quantitative estimate of drug-likeness (QED) is 0.568. The van der Waals surface area contributed by atoms with Crippen LogP contribution in [0.5, 0.6) is 0 Å². The monoisotopic (exact) mass is 385 g/mol. The van der Waals surface area contributed by atoms with E-state index in [-0.39, 0.29) is 10.6 Å². The molecule has 0 spiro atoms. The molecule has 2 saturated heterocycles. The van der Waals surface area contributed by atoms with Gasteiger partial charge in [-0.2, -0.15) is 0 Å². The Hall–Kier alpha value is -3.01. The third kappa shape index (κ3) is 3.68. The standard InChI is InChI=1S/C18H23N7O3/c1-14-2-3-19-18(17(14)25(26)27)24-6-4-22(5-7-24)15-12-16(21-13-20-15)23-8-10-28-11-9-23/h2-3,12-13H,4-11H2,1H3. The molecule has 4 heterocycles. The van der Waals surface area contributed by atoms with Gasteiger partial charge in [-0.25, -0.2) is 15.0 Å². The molecule has 0 bridgehead atoms. The van der Waals surface area contributed by atoms with E-state index in [9.17, 15) is 10.1 Å². The van der Waals surface area contributed by atoms with Gasteiger partial charge in [0.2, 0.25) is 5.82 Å². The number of morpholine rings is 1. The van der Waals surface area contributed by atoms with Crippen molar-refractivity contribution in [3.8, 4) is 0 Å². The molecule has 4 rings (SSSR count). The summed E-state index contributed by atoms with van der Waals surface area (Å²) in [6.45, 7) is 7.54. The van der Waals surface area contributed by atoms with Crippen LogP contribution in [-0.4, -0.2) is 72.4 Å². The third-order valence-corrected chi connectivity index (χ3v) is 5.17. The van der Waals surface area contributed by atoms with Gasteiger partial charge in [0, 0.05) is 57.1 Å². The second-order valence-electron chi connectivity index (χ2n) is 6.87. The number of ether oxygens (including phenoxy) is 1. The topological polar surface area (TPSA) is 101 Å². The molecule has 2 aromatic rings. The third-order valence-electron chi connectivity index (χ3n) is 5.17. The van der Waals surface area contributed by atoms with Crippen LogP contribution in [-0.2, 0) is 4.74 Å². The van der Waals surface area contributed by atoms with E-state index in [0.717, 1.165) is 24.7 Å². The number of nitrogens with zero attached hydrogens (tertiary/aromatic N) is 7. The Labute approximate surface area is 162 Å². The van der Waals surface area contributed by atoms with Crippen LogP contribution in [0.25, 0.3) is 0 Å². The number of hydrogen-bond donors (Lipinski definition) is 0. The van der Waals surface area contributed by atoms with E-state index in [2.05, 4.69) is 24.8 Å². The minimum atomic E-state index is -0.344. The Kier molecular flexibility index (Phi) is 5.20. The molecule has 0 N–H and O–H groups in total. The smallest absolute Gasteiger partial charge is 0.314 e. The van der Waals surface area contributed by atoms with Crippen LogP contribution in [0.2, 0.25) is 0 Å². The molecule has 0 atom stereocenters. The van der Waals surface area contributed by atoms with Crippen LogP contribution in [0.4, 0.5) is 23.1 Å². The molecular formula is C18H23N7O3. The maximum Gasteiger partial charge on any atom is 0.314 e. The molecule has 0 aromatic carbocycles. The normalized spacial score (nSPS) is 17.7. The Morgan fingerprint density at radius 2 is 1.57 bits per heavy atom. The van der Waals surface area contributed by atoms with Crippen molar-refractivity contribution < 1.29 is 9.66 Å². The van der Waals surface area contributed by atoms with Crippen LogP contribution in [0, 0.1) is 17.0 Å². The summed E-state index contributed by atoms with van der Waals surface area (Å²) in [5.74, 6) is 2.23. The zero-order chi connectivity index (χ0) is 19.5. The molecule has 2 aliphatic heterocycles. The first kappa shape index (κ1) is 18.4. The van der Waals surface area contributed by atoms with E-state index in [1.165, 1.54) is 0 Å². The lowest BCUT2D eigenvalue weighted by atomic mass is 10.2. The van der Waals surface area contributed by atoms with Crippen molar-refractivity contribution in [2.24, 2.45) is 0 Å². The summed E-state index contributed by atoms with van der Waals surface area (Å²) in [7, 11) is 0. The Morgan fingerprint density at radius 3 is 2.21 bits per heavy atom. The molecule has 148 valence electrons. The lowest BCUT2D eigenvalue weighted by Gasteiger charge is -2.36. The SMILES string of the molecule is Cc1ccnc(N2CCN(c3cc(N4CCOCC4)ncn3)CC2)c1[N+](=O)[O-]. The maximum atomic E-state index is 11.5. The molecule has 10 nitrogen and oxygen atoms in total. The largest absolute Gasteiger partial charge is 0.378 e. The minimum absolute atomic E-state index is 0.0904. The zero-order valence-corrected chi connectivity index (χ0v) is 15.8. The van der Waals surface area contributed by atoms with Crippen molar-refractivity contribution in [3.63, 3.8) is 0 Å². The number of aryl methyl sites for hydroxylation is 1.